The molecule has 0 N–H and O–H groups in total. The molecular weight excluding hydrogens is 374 g/mol. The van der Waals surface area contributed by atoms with Gasteiger partial charge in [-0.15, -0.1) is 0 Å². The summed E-state index contributed by atoms with van der Waals surface area (Å²) in [6.45, 7) is 6.20. The van der Waals surface area contributed by atoms with E-state index in [0.717, 1.165) is 16.7 Å². The summed E-state index contributed by atoms with van der Waals surface area (Å²) in [5, 5.41) is 0.713. The molecule has 0 amide bonds. The molecule has 2 aromatic carbocycles. The molecule has 0 unspecified atom stereocenters. The number of aryl methyl sites for hydroxylation is 1. The van der Waals surface area contributed by atoms with Gasteiger partial charge in [0.05, 0.1) is 4.90 Å². The summed E-state index contributed by atoms with van der Waals surface area (Å²) in [4.78, 5) is 0.336. The van der Waals surface area contributed by atoms with Gasteiger partial charge in [0, 0.05) is 17.9 Å². The summed E-state index contributed by atoms with van der Waals surface area (Å²) in [7, 11) is -3.52. The number of hydrogen-bond acceptors (Lipinski definition) is 2. The number of alkyl halides is 1. The van der Waals surface area contributed by atoms with E-state index in [9.17, 15) is 8.42 Å². The molecule has 124 valence electrons. The highest BCUT2D eigenvalue weighted by Gasteiger charge is 2.27. The van der Waals surface area contributed by atoms with Crippen LogP contribution in [-0.4, -0.2) is 18.8 Å². The van der Waals surface area contributed by atoms with Gasteiger partial charge in [0.2, 0.25) is 10.0 Å². The Kier molecular flexibility index (Phi) is 6.00. The zero-order chi connectivity index (χ0) is 17.0. The van der Waals surface area contributed by atoms with Crippen molar-refractivity contribution in [3.63, 3.8) is 0 Å². The molecule has 0 radical (unpaired) electrons. The van der Waals surface area contributed by atoms with E-state index in [-0.39, 0.29) is 6.04 Å². The Morgan fingerprint density at radius 1 is 0.957 bits per heavy atom. The van der Waals surface area contributed by atoms with Crippen LogP contribution < -0.4 is 0 Å². The van der Waals surface area contributed by atoms with Crippen molar-refractivity contribution in [1.82, 2.24) is 4.31 Å². The van der Waals surface area contributed by atoms with Gasteiger partial charge in [-0.1, -0.05) is 57.9 Å². The summed E-state index contributed by atoms with van der Waals surface area (Å²) in [5.74, 6) is 0. The first-order valence-corrected chi connectivity index (χ1v) is 10.1. The molecule has 3 nitrogen and oxygen atoms in total. The van der Waals surface area contributed by atoms with E-state index in [0.29, 0.717) is 16.8 Å². The second kappa shape index (κ2) is 7.60. The Labute approximate surface area is 147 Å². The quantitative estimate of drug-likeness (QED) is 0.675. The van der Waals surface area contributed by atoms with Crippen LogP contribution in [0.4, 0.5) is 0 Å². The zero-order valence-electron chi connectivity index (χ0n) is 13.7. The fourth-order valence-electron chi connectivity index (χ4n) is 2.30. The van der Waals surface area contributed by atoms with E-state index in [1.54, 1.807) is 16.4 Å². The first kappa shape index (κ1) is 18.2. The average Bonchev–Trinajstić information content (AvgIpc) is 2.53. The third kappa shape index (κ3) is 4.43. The molecule has 0 fully saturated rings. The summed E-state index contributed by atoms with van der Waals surface area (Å²) in [6, 6.07) is 14.9. The minimum atomic E-state index is -3.52. The zero-order valence-corrected chi connectivity index (χ0v) is 16.1. The SMILES string of the molecule is Cc1ccc(CN(C(C)C)S(=O)(=O)c2ccc(CBr)cc2)cc1. The average molecular weight is 396 g/mol. The number of hydrogen-bond donors (Lipinski definition) is 0. The van der Waals surface area contributed by atoms with E-state index in [4.69, 9.17) is 0 Å². The Morgan fingerprint density at radius 3 is 1.96 bits per heavy atom. The molecule has 0 aliphatic carbocycles. The van der Waals surface area contributed by atoms with Crippen LogP contribution in [0.2, 0.25) is 0 Å². The lowest BCUT2D eigenvalue weighted by Crippen LogP contribution is -2.36. The van der Waals surface area contributed by atoms with Crippen LogP contribution in [0.1, 0.15) is 30.5 Å². The highest BCUT2D eigenvalue weighted by Crippen LogP contribution is 2.22. The lowest BCUT2D eigenvalue weighted by atomic mass is 10.1. The predicted molar refractivity (Wildman–Crippen MR) is 98.1 cm³/mol. The minimum Gasteiger partial charge on any atom is -0.207 e. The molecule has 0 atom stereocenters. The third-order valence-corrected chi connectivity index (χ3v) is 6.40. The molecule has 0 saturated carbocycles. The van der Waals surface area contributed by atoms with E-state index < -0.39 is 10.0 Å². The van der Waals surface area contributed by atoms with E-state index >= 15 is 0 Å². The molecule has 0 bridgehead atoms. The third-order valence-electron chi connectivity index (χ3n) is 3.72. The van der Waals surface area contributed by atoms with Gasteiger partial charge in [-0.3, -0.25) is 0 Å². The van der Waals surface area contributed by atoms with E-state index in [1.807, 2.05) is 57.2 Å². The van der Waals surface area contributed by atoms with Crippen LogP contribution in [0.15, 0.2) is 53.4 Å². The van der Waals surface area contributed by atoms with Crippen LogP contribution in [0.25, 0.3) is 0 Å². The highest BCUT2D eigenvalue weighted by atomic mass is 79.9. The minimum absolute atomic E-state index is 0.114. The van der Waals surface area contributed by atoms with Gasteiger partial charge < -0.3 is 0 Å². The molecular formula is C18H22BrNO2S. The van der Waals surface area contributed by atoms with Gasteiger partial charge in [-0.05, 0) is 44.0 Å². The molecule has 5 heteroatoms. The number of rotatable bonds is 6. The van der Waals surface area contributed by atoms with Crippen molar-refractivity contribution in [1.29, 1.82) is 0 Å². The Hall–Kier alpha value is -1.17. The molecule has 0 aliphatic heterocycles. The van der Waals surface area contributed by atoms with Gasteiger partial charge in [-0.2, -0.15) is 4.31 Å². The van der Waals surface area contributed by atoms with Crippen molar-refractivity contribution >= 4 is 26.0 Å². The molecule has 23 heavy (non-hydrogen) atoms. The van der Waals surface area contributed by atoms with Crippen LogP contribution in [-0.2, 0) is 21.9 Å². The van der Waals surface area contributed by atoms with Crippen LogP contribution in [0, 0.1) is 6.92 Å². The summed E-state index contributed by atoms with van der Waals surface area (Å²) in [6.07, 6.45) is 0. The van der Waals surface area contributed by atoms with E-state index in [1.165, 1.54) is 0 Å². The maximum Gasteiger partial charge on any atom is 0.243 e. The first-order valence-electron chi connectivity index (χ1n) is 7.57. The molecule has 0 aliphatic rings. The van der Waals surface area contributed by atoms with E-state index in [2.05, 4.69) is 15.9 Å². The fraction of sp³-hybridized carbons (Fsp3) is 0.333. The standard InChI is InChI=1S/C18H22BrNO2S/c1-14(2)20(13-17-6-4-15(3)5-7-17)23(21,22)18-10-8-16(12-19)9-11-18/h4-11,14H,12-13H2,1-3H3. The first-order chi connectivity index (χ1) is 10.8. The Bertz CT molecular complexity index is 738. The molecule has 0 heterocycles. The van der Waals surface area contributed by atoms with Crippen molar-refractivity contribution in [2.24, 2.45) is 0 Å². The molecule has 0 saturated heterocycles. The van der Waals surface area contributed by atoms with Crippen LogP contribution in [0.3, 0.4) is 0 Å². The normalized spacial score (nSPS) is 12.1. The number of benzene rings is 2. The van der Waals surface area contributed by atoms with Crippen molar-refractivity contribution < 1.29 is 8.42 Å². The molecule has 2 aromatic rings. The van der Waals surface area contributed by atoms with Gasteiger partial charge in [0.1, 0.15) is 0 Å². The van der Waals surface area contributed by atoms with Crippen molar-refractivity contribution in [3.05, 3.63) is 65.2 Å². The lowest BCUT2D eigenvalue weighted by Gasteiger charge is -2.26. The summed E-state index contributed by atoms with van der Waals surface area (Å²) in [5.41, 5.74) is 3.21. The van der Waals surface area contributed by atoms with Crippen molar-refractivity contribution in [2.45, 2.75) is 43.6 Å². The molecule has 2 rings (SSSR count). The van der Waals surface area contributed by atoms with Gasteiger partial charge in [-0.25, -0.2) is 8.42 Å². The summed E-state index contributed by atoms with van der Waals surface area (Å²) >= 11 is 3.37. The smallest absolute Gasteiger partial charge is 0.207 e. The van der Waals surface area contributed by atoms with Crippen molar-refractivity contribution in [3.8, 4) is 0 Å². The van der Waals surface area contributed by atoms with Crippen molar-refractivity contribution in [2.75, 3.05) is 0 Å². The summed E-state index contributed by atoms with van der Waals surface area (Å²) < 4.78 is 27.5. The molecule has 0 aromatic heterocycles. The lowest BCUT2D eigenvalue weighted by molar-refractivity contribution is 0.348. The van der Waals surface area contributed by atoms with Gasteiger partial charge >= 0.3 is 0 Å². The Balaban J connectivity index is 2.32. The molecule has 0 spiro atoms. The second-order valence-electron chi connectivity index (χ2n) is 5.91. The monoisotopic (exact) mass is 395 g/mol. The predicted octanol–water partition coefficient (Wildman–Crippen LogP) is 4.49. The highest BCUT2D eigenvalue weighted by molar-refractivity contribution is 9.08. The van der Waals surface area contributed by atoms with Gasteiger partial charge in [0.25, 0.3) is 0 Å². The van der Waals surface area contributed by atoms with Crippen LogP contribution >= 0.6 is 15.9 Å². The fourth-order valence-corrected chi connectivity index (χ4v) is 4.30. The Morgan fingerprint density at radius 2 is 1.48 bits per heavy atom. The number of sulfonamides is 1. The maximum absolute atomic E-state index is 13.0. The maximum atomic E-state index is 13.0. The largest absolute Gasteiger partial charge is 0.243 e. The van der Waals surface area contributed by atoms with Crippen LogP contribution in [0.5, 0.6) is 0 Å². The second-order valence-corrected chi connectivity index (χ2v) is 8.36. The van der Waals surface area contributed by atoms with Gasteiger partial charge in [0.15, 0.2) is 0 Å². The topological polar surface area (TPSA) is 37.4 Å². The number of nitrogens with zero attached hydrogens (tertiary/aromatic N) is 1. The number of halogens is 1.